The molecule has 0 fully saturated rings. The summed E-state index contributed by atoms with van der Waals surface area (Å²) in [5.41, 5.74) is 7.46. The molecule has 108 valence electrons. The number of H-pyrrole nitrogens is 1. The minimum absolute atomic E-state index is 0.107. The van der Waals surface area contributed by atoms with Gasteiger partial charge in [-0.15, -0.1) is 0 Å². The molecule has 1 heterocycles. The molecule has 1 aromatic heterocycles. The molecule has 0 aliphatic carbocycles. The van der Waals surface area contributed by atoms with Crippen LogP contribution in [0.15, 0.2) is 35.5 Å². The Morgan fingerprint density at radius 1 is 1.25 bits per heavy atom. The molecule has 0 aliphatic rings. The molecule has 0 aliphatic heterocycles. The van der Waals surface area contributed by atoms with Gasteiger partial charge >= 0.3 is 0 Å². The van der Waals surface area contributed by atoms with Gasteiger partial charge in [-0.2, -0.15) is 4.31 Å². The highest BCUT2D eigenvalue weighted by Crippen LogP contribution is 2.15. The third-order valence-corrected chi connectivity index (χ3v) is 4.74. The molecule has 2 aromatic rings. The van der Waals surface area contributed by atoms with Gasteiger partial charge in [0.2, 0.25) is 0 Å². The number of aryl methyl sites for hydroxylation is 1. The van der Waals surface area contributed by atoms with Gasteiger partial charge in [0.15, 0.2) is 5.03 Å². The number of aromatic amines is 1. The Hall–Kier alpha value is -1.70. The molecule has 1 aromatic carbocycles. The lowest BCUT2D eigenvalue weighted by molar-refractivity contribution is 0.464. The van der Waals surface area contributed by atoms with E-state index in [2.05, 4.69) is 9.97 Å². The molecule has 0 atom stereocenters. The monoisotopic (exact) mass is 294 g/mol. The van der Waals surface area contributed by atoms with Crippen LogP contribution >= 0.6 is 0 Å². The van der Waals surface area contributed by atoms with Crippen LogP contribution in [0.4, 0.5) is 0 Å². The number of aromatic nitrogens is 2. The molecular weight excluding hydrogens is 276 g/mol. The zero-order valence-electron chi connectivity index (χ0n) is 11.5. The number of hydrogen-bond acceptors (Lipinski definition) is 4. The second-order valence-corrected chi connectivity index (χ2v) is 6.63. The van der Waals surface area contributed by atoms with E-state index in [1.807, 2.05) is 24.3 Å². The van der Waals surface area contributed by atoms with Gasteiger partial charge in [-0.05, 0) is 18.1 Å². The maximum Gasteiger partial charge on any atom is 0.260 e. The predicted octanol–water partition coefficient (Wildman–Crippen LogP) is 0.998. The van der Waals surface area contributed by atoms with Crippen LogP contribution in [0.2, 0.25) is 0 Å². The molecule has 20 heavy (non-hydrogen) atoms. The van der Waals surface area contributed by atoms with Gasteiger partial charge in [0.25, 0.3) is 10.0 Å². The van der Waals surface area contributed by atoms with E-state index in [-0.39, 0.29) is 5.03 Å². The molecule has 0 bridgehead atoms. The fourth-order valence-electron chi connectivity index (χ4n) is 1.82. The minimum Gasteiger partial charge on any atom is -0.332 e. The van der Waals surface area contributed by atoms with Crippen molar-refractivity contribution in [3.63, 3.8) is 0 Å². The molecule has 6 nitrogen and oxygen atoms in total. The molecule has 0 saturated carbocycles. The summed E-state index contributed by atoms with van der Waals surface area (Å²) in [5.74, 6) is 0.573. The first kappa shape index (κ1) is 14.7. The van der Waals surface area contributed by atoms with Gasteiger partial charge in [-0.1, -0.05) is 24.3 Å². The summed E-state index contributed by atoms with van der Waals surface area (Å²) in [6.45, 7) is 2.48. The summed E-state index contributed by atoms with van der Waals surface area (Å²) >= 11 is 0. The van der Waals surface area contributed by atoms with Gasteiger partial charge in [0.05, 0.1) is 6.20 Å². The second-order valence-electron chi connectivity index (χ2n) is 4.61. The van der Waals surface area contributed by atoms with Crippen molar-refractivity contribution in [2.45, 2.75) is 25.0 Å². The standard InChI is InChI=1S/C13H18N4O2S/c1-10-15-8-13(16-10)20(18,19)17(2)9-12-5-3-11(7-14)4-6-12/h3-6,8H,7,9,14H2,1-2H3,(H,15,16). The van der Waals surface area contributed by atoms with E-state index in [0.29, 0.717) is 18.9 Å². The van der Waals surface area contributed by atoms with Crippen molar-refractivity contribution in [1.29, 1.82) is 0 Å². The van der Waals surface area contributed by atoms with E-state index in [1.54, 1.807) is 14.0 Å². The Morgan fingerprint density at radius 2 is 1.85 bits per heavy atom. The third kappa shape index (κ3) is 3.06. The molecule has 7 heteroatoms. The van der Waals surface area contributed by atoms with Crippen LogP contribution in [0.3, 0.4) is 0 Å². The maximum absolute atomic E-state index is 12.3. The smallest absolute Gasteiger partial charge is 0.260 e. The van der Waals surface area contributed by atoms with Gasteiger partial charge in [0, 0.05) is 20.1 Å². The summed E-state index contributed by atoms with van der Waals surface area (Å²) in [5, 5.41) is 0.107. The van der Waals surface area contributed by atoms with E-state index >= 15 is 0 Å². The third-order valence-electron chi connectivity index (χ3n) is 3.03. The van der Waals surface area contributed by atoms with Crippen molar-refractivity contribution in [3.8, 4) is 0 Å². The Kier molecular flexibility index (Phi) is 4.22. The second kappa shape index (κ2) is 5.74. The predicted molar refractivity (Wildman–Crippen MR) is 76.3 cm³/mol. The van der Waals surface area contributed by atoms with Crippen LogP contribution in [-0.2, 0) is 23.1 Å². The van der Waals surface area contributed by atoms with Crippen molar-refractivity contribution in [2.75, 3.05) is 7.05 Å². The van der Waals surface area contributed by atoms with E-state index in [9.17, 15) is 8.42 Å². The highest BCUT2D eigenvalue weighted by atomic mass is 32.2. The first-order valence-corrected chi connectivity index (χ1v) is 7.63. The first-order chi connectivity index (χ1) is 9.43. The minimum atomic E-state index is -3.54. The molecule has 3 N–H and O–H groups in total. The number of hydrogen-bond donors (Lipinski definition) is 2. The summed E-state index contributed by atoms with van der Waals surface area (Å²) in [7, 11) is -2.00. The fourth-order valence-corrected chi connectivity index (χ4v) is 2.94. The number of imidazole rings is 1. The average molecular weight is 294 g/mol. The van der Waals surface area contributed by atoms with E-state index in [1.165, 1.54) is 10.5 Å². The van der Waals surface area contributed by atoms with Gasteiger partial charge in [0.1, 0.15) is 5.82 Å². The molecule has 2 rings (SSSR count). The molecule has 0 radical (unpaired) electrons. The van der Waals surface area contributed by atoms with Gasteiger partial charge < -0.3 is 10.7 Å². The number of sulfonamides is 1. The summed E-state index contributed by atoms with van der Waals surface area (Å²) < 4.78 is 25.9. The average Bonchev–Trinajstić information content (AvgIpc) is 2.87. The SMILES string of the molecule is Cc1ncc(S(=O)(=O)N(C)Cc2ccc(CN)cc2)[nH]1. The van der Waals surface area contributed by atoms with Crippen LogP contribution in [0.1, 0.15) is 17.0 Å². The first-order valence-electron chi connectivity index (χ1n) is 6.19. The van der Waals surface area contributed by atoms with Gasteiger partial charge in [-0.25, -0.2) is 13.4 Å². The molecule has 0 spiro atoms. The number of nitrogens with one attached hydrogen (secondary N) is 1. The van der Waals surface area contributed by atoms with E-state index in [4.69, 9.17) is 5.73 Å². The van der Waals surface area contributed by atoms with Crippen molar-refractivity contribution >= 4 is 10.0 Å². The molecule has 0 unspecified atom stereocenters. The van der Waals surface area contributed by atoms with Gasteiger partial charge in [-0.3, -0.25) is 0 Å². The fraction of sp³-hybridized carbons (Fsp3) is 0.308. The van der Waals surface area contributed by atoms with Crippen molar-refractivity contribution < 1.29 is 8.42 Å². The normalized spacial score (nSPS) is 12.0. The number of nitrogens with two attached hydrogens (primary N) is 1. The zero-order valence-corrected chi connectivity index (χ0v) is 12.3. The molecular formula is C13H18N4O2S. The van der Waals surface area contributed by atoms with E-state index < -0.39 is 10.0 Å². The highest BCUT2D eigenvalue weighted by molar-refractivity contribution is 7.89. The Balaban J connectivity index is 2.16. The summed E-state index contributed by atoms with van der Waals surface area (Å²) in [4.78, 5) is 6.66. The Bertz CT molecular complexity index is 677. The Labute approximate surface area is 118 Å². The molecule has 0 amide bonds. The van der Waals surface area contributed by atoms with Crippen molar-refractivity contribution in [2.24, 2.45) is 5.73 Å². The lowest BCUT2D eigenvalue weighted by atomic mass is 10.1. The van der Waals surface area contributed by atoms with E-state index in [0.717, 1.165) is 11.1 Å². The van der Waals surface area contributed by atoms with Crippen molar-refractivity contribution in [3.05, 3.63) is 47.4 Å². The quantitative estimate of drug-likeness (QED) is 0.860. The van der Waals surface area contributed by atoms with Crippen LogP contribution < -0.4 is 5.73 Å². The summed E-state index contributed by atoms with van der Waals surface area (Å²) in [6, 6.07) is 7.56. The molecule has 0 saturated heterocycles. The van der Waals surface area contributed by atoms with Crippen LogP contribution in [0.5, 0.6) is 0 Å². The summed E-state index contributed by atoms with van der Waals surface area (Å²) in [6.07, 6.45) is 1.33. The number of nitrogens with zero attached hydrogens (tertiary/aromatic N) is 2. The highest BCUT2D eigenvalue weighted by Gasteiger charge is 2.22. The number of rotatable bonds is 5. The van der Waals surface area contributed by atoms with Crippen LogP contribution in [0.25, 0.3) is 0 Å². The topological polar surface area (TPSA) is 92.1 Å². The number of benzene rings is 1. The van der Waals surface area contributed by atoms with Crippen molar-refractivity contribution in [1.82, 2.24) is 14.3 Å². The maximum atomic E-state index is 12.3. The van der Waals surface area contributed by atoms with Crippen LogP contribution in [-0.4, -0.2) is 29.7 Å². The largest absolute Gasteiger partial charge is 0.332 e. The lowest BCUT2D eigenvalue weighted by Gasteiger charge is -2.16. The lowest BCUT2D eigenvalue weighted by Crippen LogP contribution is -2.26. The van der Waals surface area contributed by atoms with Crippen LogP contribution in [0, 0.1) is 6.92 Å². The Morgan fingerprint density at radius 3 is 2.35 bits per heavy atom. The zero-order chi connectivity index (χ0) is 14.8.